The first-order valence-corrected chi connectivity index (χ1v) is 6.97. The standard InChI is InChI=1S/C17H20N2O3/c1-21-12-14-6-4-3-5-13(14)11-18-17(20)19-15-7-9-16(22-2)10-8-15/h3-10H,11-12H2,1-2H3,(H2,18,19,20). The van der Waals surface area contributed by atoms with Crippen molar-refractivity contribution in [1.82, 2.24) is 5.32 Å². The molecule has 5 heteroatoms. The van der Waals surface area contributed by atoms with Crippen LogP contribution in [0.3, 0.4) is 0 Å². The van der Waals surface area contributed by atoms with Crippen LogP contribution in [0.5, 0.6) is 5.75 Å². The molecule has 0 fully saturated rings. The van der Waals surface area contributed by atoms with E-state index < -0.39 is 0 Å². The van der Waals surface area contributed by atoms with Crippen molar-refractivity contribution < 1.29 is 14.3 Å². The van der Waals surface area contributed by atoms with E-state index in [0.717, 1.165) is 16.9 Å². The van der Waals surface area contributed by atoms with Gasteiger partial charge in [-0.3, -0.25) is 0 Å². The van der Waals surface area contributed by atoms with Crippen LogP contribution in [-0.2, 0) is 17.9 Å². The molecule has 0 heterocycles. The lowest BCUT2D eigenvalue weighted by Crippen LogP contribution is -2.28. The van der Waals surface area contributed by atoms with Crippen molar-refractivity contribution in [2.24, 2.45) is 0 Å². The molecule has 5 nitrogen and oxygen atoms in total. The summed E-state index contributed by atoms with van der Waals surface area (Å²) in [5.41, 5.74) is 2.81. The quantitative estimate of drug-likeness (QED) is 0.861. The van der Waals surface area contributed by atoms with Crippen molar-refractivity contribution in [2.75, 3.05) is 19.5 Å². The second kappa shape index (κ2) is 8.05. The van der Waals surface area contributed by atoms with Crippen molar-refractivity contribution in [1.29, 1.82) is 0 Å². The van der Waals surface area contributed by atoms with Gasteiger partial charge < -0.3 is 20.1 Å². The zero-order valence-electron chi connectivity index (χ0n) is 12.8. The summed E-state index contributed by atoms with van der Waals surface area (Å²) in [6, 6.07) is 14.8. The number of rotatable bonds is 6. The van der Waals surface area contributed by atoms with E-state index in [9.17, 15) is 4.79 Å². The minimum atomic E-state index is -0.252. The third kappa shape index (κ3) is 4.49. The second-order valence-corrected chi connectivity index (χ2v) is 4.74. The molecule has 2 rings (SSSR count). The fourth-order valence-corrected chi connectivity index (χ4v) is 2.05. The van der Waals surface area contributed by atoms with Gasteiger partial charge in [-0.25, -0.2) is 4.79 Å². The Bertz CT molecular complexity index is 612. The maximum absolute atomic E-state index is 11.9. The topological polar surface area (TPSA) is 59.6 Å². The van der Waals surface area contributed by atoms with Gasteiger partial charge >= 0.3 is 6.03 Å². The molecule has 2 N–H and O–H groups in total. The minimum absolute atomic E-state index is 0.252. The van der Waals surface area contributed by atoms with Crippen LogP contribution >= 0.6 is 0 Å². The largest absolute Gasteiger partial charge is 0.497 e. The average molecular weight is 300 g/mol. The zero-order valence-corrected chi connectivity index (χ0v) is 12.8. The molecule has 0 aliphatic carbocycles. The van der Waals surface area contributed by atoms with Crippen LogP contribution in [0.15, 0.2) is 48.5 Å². The van der Waals surface area contributed by atoms with Gasteiger partial charge in [-0.15, -0.1) is 0 Å². The zero-order chi connectivity index (χ0) is 15.8. The Kier molecular flexibility index (Phi) is 5.80. The number of nitrogens with one attached hydrogen (secondary N) is 2. The lowest BCUT2D eigenvalue weighted by Gasteiger charge is -2.11. The number of anilines is 1. The molecule has 0 atom stereocenters. The predicted molar refractivity (Wildman–Crippen MR) is 86.0 cm³/mol. The van der Waals surface area contributed by atoms with Crippen LogP contribution in [0.2, 0.25) is 0 Å². The molecule has 0 unspecified atom stereocenters. The lowest BCUT2D eigenvalue weighted by atomic mass is 10.1. The van der Waals surface area contributed by atoms with Gasteiger partial charge in [0.25, 0.3) is 0 Å². The number of hydrogen-bond acceptors (Lipinski definition) is 3. The van der Waals surface area contributed by atoms with Crippen molar-refractivity contribution in [2.45, 2.75) is 13.2 Å². The van der Waals surface area contributed by atoms with Gasteiger partial charge in [-0.2, -0.15) is 0 Å². The molecule has 0 aliphatic rings. The van der Waals surface area contributed by atoms with Gasteiger partial charge in [0.15, 0.2) is 0 Å². The highest BCUT2D eigenvalue weighted by Gasteiger charge is 2.05. The Morgan fingerprint density at radius 2 is 1.68 bits per heavy atom. The van der Waals surface area contributed by atoms with E-state index in [1.54, 1.807) is 38.5 Å². The fraction of sp³-hybridized carbons (Fsp3) is 0.235. The number of carbonyl (C=O) groups is 1. The molecule has 0 radical (unpaired) electrons. The van der Waals surface area contributed by atoms with Crippen LogP contribution < -0.4 is 15.4 Å². The highest BCUT2D eigenvalue weighted by molar-refractivity contribution is 5.89. The Labute approximate surface area is 130 Å². The molecule has 2 aromatic rings. The smallest absolute Gasteiger partial charge is 0.319 e. The first-order valence-electron chi connectivity index (χ1n) is 6.97. The fourth-order valence-electron chi connectivity index (χ4n) is 2.05. The Morgan fingerprint density at radius 1 is 1.00 bits per heavy atom. The molecule has 2 amide bonds. The molecule has 0 bridgehead atoms. The molecule has 0 aliphatic heterocycles. The number of benzene rings is 2. The molecule has 2 aromatic carbocycles. The molecule has 116 valence electrons. The van der Waals surface area contributed by atoms with Crippen LogP contribution in [0.4, 0.5) is 10.5 Å². The maximum atomic E-state index is 11.9. The van der Waals surface area contributed by atoms with E-state index in [1.807, 2.05) is 24.3 Å². The van der Waals surface area contributed by atoms with Gasteiger partial charge in [-0.05, 0) is 35.4 Å². The summed E-state index contributed by atoms with van der Waals surface area (Å²) in [4.78, 5) is 11.9. The van der Waals surface area contributed by atoms with Crippen LogP contribution in [-0.4, -0.2) is 20.3 Å². The SMILES string of the molecule is COCc1ccccc1CNC(=O)Nc1ccc(OC)cc1. The number of methoxy groups -OCH3 is 2. The molecule has 22 heavy (non-hydrogen) atoms. The van der Waals surface area contributed by atoms with E-state index >= 15 is 0 Å². The summed E-state index contributed by atoms with van der Waals surface area (Å²) in [7, 11) is 3.26. The van der Waals surface area contributed by atoms with Gasteiger partial charge in [0.05, 0.1) is 13.7 Å². The van der Waals surface area contributed by atoms with Crippen molar-refractivity contribution in [3.8, 4) is 5.75 Å². The van der Waals surface area contributed by atoms with E-state index in [0.29, 0.717) is 18.8 Å². The maximum Gasteiger partial charge on any atom is 0.319 e. The molecule has 0 saturated carbocycles. The Morgan fingerprint density at radius 3 is 2.32 bits per heavy atom. The summed E-state index contributed by atoms with van der Waals surface area (Å²) < 4.78 is 10.2. The molecular formula is C17H20N2O3. The minimum Gasteiger partial charge on any atom is -0.497 e. The van der Waals surface area contributed by atoms with Crippen molar-refractivity contribution >= 4 is 11.7 Å². The third-order valence-corrected chi connectivity index (χ3v) is 3.21. The van der Waals surface area contributed by atoms with Gasteiger partial charge in [0.1, 0.15) is 5.75 Å². The first kappa shape index (κ1) is 15.9. The lowest BCUT2D eigenvalue weighted by molar-refractivity contribution is 0.184. The summed E-state index contributed by atoms with van der Waals surface area (Å²) in [6.45, 7) is 0.972. The monoisotopic (exact) mass is 300 g/mol. The molecule has 0 aromatic heterocycles. The number of amides is 2. The van der Waals surface area contributed by atoms with Gasteiger partial charge in [0.2, 0.25) is 0 Å². The highest BCUT2D eigenvalue weighted by Crippen LogP contribution is 2.15. The second-order valence-electron chi connectivity index (χ2n) is 4.74. The molecular weight excluding hydrogens is 280 g/mol. The van der Waals surface area contributed by atoms with E-state index in [2.05, 4.69) is 10.6 Å². The Balaban J connectivity index is 1.89. The summed E-state index contributed by atoms with van der Waals surface area (Å²) in [5, 5.41) is 5.62. The number of hydrogen-bond donors (Lipinski definition) is 2. The van der Waals surface area contributed by atoms with Crippen molar-refractivity contribution in [3.05, 3.63) is 59.7 Å². The van der Waals surface area contributed by atoms with E-state index in [-0.39, 0.29) is 6.03 Å². The number of urea groups is 1. The van der Waals surface area contributed by atoms with Crippen LogP contribution in [0.25, 0.3) is 0 Å². The van der Waals surface area contributed by atoms with Crippen molar-refractivity contribution in [3.63, 3.8) is 0 Å². The van der Waals surface area contributed by atoms with E-state index in [1.165, 1.54) is 0 Å². The van der Waals surface area contributed by atoms with E-state index in [4.69, 9.17) is 9.47 Å². The molecule has 0 spiro atoms. The normalized spacial score (nSPS) is 10.1. The van der Waals surface area contributed by atoms with Gasteiger partial charge in [-0.1, -0.05) is 24.3 Å². The average Bonchev–Trinajstić information content (AvgIpc) is 2.55. The summed E-state index contributed by atoms with van der Waals surface area (Å²) in [5.74, 6) is 0.749. The van der Waals surface area contributed by atoms with Gasteiger partial charge in [0, 0.05) is 19.3 Å². The molecule has 0 saturated heterocycles. The number of carbonyl (C=O) groups excluding carboxylic acids is 1. The number of ether oxygens (including phenoxy) is 2. The van der Waals surface area contributed by atoms with Crippen LogP contribution in [0.1, 0.15) is 11.1 Å². The summed E-state index contributed by atoms with van der Waals surface area (Å²) >= 11 is 0. The first-order chi connectivity index (χ1) is 10.7. The highest BCUT2D eigenvalue weighted by atomic mass is 16.5. The third-order valence-electron chi connectivity index (χ3n) is 3.21. The Hall–Kier alpha value is -2.53. The predicted octanol–water partition coefficient (Wildman–Crippen LogP) is 3.16. The summed E-state index contributed by atoms with van der Waals surface area (Å²) in [6.07, 6.45) is 0. The van der Waals surface area contributed by atoms with Crippen LogP contribution in [0, 0.1) is 0 Å².